The third-order valence-electron chi connectivity index (χ3n) is 4.43. The SMILES string of the molecule is CC(C)C1CCC(NCc2cccc([N+](=O)[O-])c2)CC1. The monoisotopic (exact) mass is 276 g/mol. The van der Waals surface area contributed by atoms with Crippen molar-refractivity contribution in [3.63, 3.8) is 0 Å². The summed E-state index contributed by atoms with van der Waals surface area (Å²) < 4.78 is 0. The number of hydrogen-bond acceptors (Lipinski definition) is 3. The molecule has 110 valence electrons. The topological polar surface area (TPSA) is 55.2 Å². The summed E-state index contributed by atoms with van der Waals surface area (Å²) in [6, 6.07) is 7.46. The summed E-state index contributed by atoms with van der Waals surface area (Å²) >= 11 is 0. The highest BCUT2D eigenvalue weighted by atomic mass is 16.6. The van der Waals surface area contributed by atoms with Crippen molar-refractivity contribution in [2.45, 2.75) is 52.1 Å². The lowest BCUT2D eigenvalue weighted by Gasteiger charge is -2.31. The zero-order valence-corrected chi connectivity index (χ0v) is 12.3. The molecule has 0 bridgehead atoms. The van der Waals surface area contributed by atoms with Crippen LogP contribution in [0.3, 0.4) is 0 Å². The minimum absolute atomic E-state index is 0.174. The Morgan fingerprint density at radius 1 is 1.30 bits per heavy atom. The standard InChI is InChI=1S/C16H24N2O2/c1-12(2)14-6-8-15(9-7-14)17-11-13-4-3-5-16(10-13)18(19)20/h3-5,10,12,14-15,17H,6-9,11H2,1-2H3. The van der Waals surface area contributed by atoms with Crippen LogP contribution in [0.15, 0.2) is 24.3 Å². The minimum atomic E-state index is -0.336. The lowest BCUT2D eigenvalue weighted by molar-refractivity contribution is -0.384. The zero-order valence-electron chi connectivity index (χ0n) is 12.3. The van der Waals surface area contributed by atoms with Gasteiger partial charge in [-0.3, -0.25) is 10.1 Å². The van der Waals surface area contributed by atoms with Crippen molar-refractivity contribution in [2.75, 3.05) is 0 Å². The molecule has 1 aliphatic rings. The van der Waals surface area contributed by atoms with Gasteiger partial charge in [-0.1, -0.05) is 26.0 Å². The predicted molar refractivity (Wildman–Crippen MR) is 80.5 cm³/mol. The Morgan fingerprint density at radius 2 is 2.00 bits per heavy atom. The third kappa shape index (κ3) is 4.04. The minimum Gasteiger partial charge on any atom is -0.310 e. The third-order valence-corrected chi connectivity index (χ3v) is 4.43. The molecule has 2 rings (SSSR count). The summed E-state index contributed by atoms with van der Waals surface area (Å²) in [6.45, 7) is 5.34. The summed E-state index contributed by atoms with van der Waals surface area (Å²) in [4.78, 5) is 10.4. The molecule has 0 radical (unpaired) electrons. The van der Waals surface area contributed by atoms with E-state index in [1.807, 2.05) is 6.07 Å². The molecule has 4 heteroatoms. The number of rotatable bonds is 5. The van der Waals surface area contributed by atoms with Crippen LogP contribution in [0.5, 0.6) is 0 Å². The Hall–Kier alpha value is -1.42. The van der Waals surface area contributed by atoms with Crippen molar-refractivity contribution in [1.82, 2.24) is 5.32 Å². The fourth-order valence-electron chi connectivity index (χ4n) is 3.03. The largest absolute Gasteiger partial charge is 0.310 e. The first kappa shape index (κ1) is 15.0. The second-order valence-corrected chi connectivity index (χ2v) is 6.16. The number of nitrogens with one attached hydrogen (secondary N) is 1. The fraction of sp³-hybridized carbons (Fsp3) is 0.625. The summed E-state index contributed by atoms with van der Waals surface area (Å²) in [5.74, 6) is 1.65. The van der Waals surface area contributed by atoms with Crippen LogP contribution < -0.4 is 5.32 Å². The normalized spacial score (nSPS) is 22.9. The van der Waals surface area contributed by atoms with Gasteiger partial charge in [-0.05, 0) is 43.1 Å². The molecular formula is C16H24N2O2. The van der Waals surface area contributed by atoms with Gasteiger partial charge in [0.05, 0.1) is 4.92 Å². The van der Waals surface area contributed by atoms with E-state index in [2.05, 4.69) is 19.2 Å². The van der Waals surface area contributed by atoms with Gasteiger partial charge in [0.2, 0.25) is 0 Å². The molecule has 20 heavy (non-hydrogen) atoms. The van der Waals surface area contributed by atoms with Gasteiger partial charge in [-0.25, -0.2) is 0 Å². The Labute approximate surface area is 120 Å². The zero-order chi connectivity index (χ0) is 14.5. The molecule has 0 heterocycles. The van der Waals surface area contributed by atoms with Crippen LogP contribution >= 0.6 is 0 Å². The lowest BCUT2D eigenvalue weighted by atomic mass is 9.80. The van der Waals surface area contributed by atoms with Gasteiger partial charge in [0.1, 0.15) is 0 Å². The maximum atomic E-state index is 10.7. The molecule has 0 saturated heterocycles. The van der Waals surface area contributed by atoms with Crippen LogP contribution in [0.2, 0.25) is 0 Å². The quantitative estimate of drug-likeness (QED) is 0.655. The van der Waals surface area contributed by atoms with Crippen LogP contribution in [0, 0.1) is 22.0 Å². The maximum Gasteiger partial charge on any atom is 0.269 e. The first-order valence-electron chi connectivity index (χ1n) is 7.53. The molecule has 1 fully saturated rings. The molecule has 1 saturated carbocycles. The van der Waals surface area contributed by atoms with Crippen LogP contribution in [-0.2, 0) is 6.54 Å². The van der Waals surface area contributed by atoms with Gasteiger partial charge in [0.15, 0.2) is 0 Å². The van der Waals surface area contributed by atoms with Gasteiger partial charge < -0.3 is 5.32 Å². The van der Waals surface area contributed by atoms with Crippen LogP contribution in [0.25, 0.3) is 0 Å². The summed E-state index contributed by atoms with van der Waals surface area (Å²) in [6.07, 6.45) is 5.03. The van der Waals surface area contributed by atoms with E-state index in [1.54, 1.807) is 12.1 Å². The van der Waals surface area contributed by atoms with Gasteiger partial charge in [-0.2, -0.15) is 0 Å². The number of non-ortho nitro benzene ring substituents is 1. The first-order valence-corrected chi connectivity index (χ1v) is 7.53. The Balaban J connectivity index is 1.81. The highest BCUT2D eigenvalue weighted by molar-refractivity contribution is 5.34. The van der Waals surface area contributed by atoms with Crippen molar-refractivity contribution in [3.8, 4) is 0 Å². The van der Waals surface area contributed by atoms with E-state index in [9.17, 15) is 10.1 Å². The predicted octanol–water partition coefficient (Wildman–Crippen LogP) is 3.90. The smallest absolute Gasteiger partial charge is 0.269 e. The number of benzene rings is 1. The van der Waals surface area contributed by atoms with E-state index in [1.165, 1.54) is 31.7 Å². The fourth-order valence-corrected chi connectivity index (χ4v) is 3.03. The molecule has 0 amide bonds. The number of nitro benzene ring substituents is 1. The van der Waals surface area contributed by atoms with Crippen LogP contribution in [0.4, 0.5) is 5.69 Å². The van der Waals surface area contributed by atoms with E-state index >= 15 is 0 Å². The molecule has 1 aromatic rings. The van der Waals surface area contributed by atoms with Crippen molar-refractivity contribution in [2.24, 2.45) is 11.8 Å². The van der Waals surface area contributed by atoms with E-state index < -0.39 is 0 Å². The van der Waals surface area contributed by atoms with Gasteiger partial charge in [0, 0.05) is 24.7 Å². The number of nitro groups is 1. The van der Waals surface area contributed by atoms with Gasteiger partial charge >= 0.3 is 0 Å². The second-order valence-electron chi connectivity index (χ2n) is 6.16. The molecule has 0 unspecified atom stereocenters. The van der Waals surface area contributed by atoms with Crippen molar-refractivity contribution in [3.05, 3.63) is 39.9 Å². The molecule has 4 nitrogen and oxygen atoms in total. The maximum absolute atomic E-state index is 10.7. The highest BCUT2D eigenvalue weighted by Crippen LogP contribution is 2.30. The average Bonchev–Trinajstić information content (AvgIpc) is 2.46. The summed E-state index contributed by atoms with van der Waals surface area (Å²) in [5, 5.41) is 14.3. The summed E-state index contributed by atoms with van der Waals surface area (Å²) in [7, 11) is 0. The second kappa shape index (κ2) is 6.84. The van der Waals surface area contributed by atoms with Crippen LogP contribution in [-0.4, -0.2) is 11.0 Å². The molecule has 1 N–H and O–H groups in total. The molecule has 1 aromatic carbocycles. The average molecular weight is 276 g/mol. The van der Waals surface area contributed by atoms with Crippen molar-refractivity contribution in [1.29, 1.82) is 0 Å². The summed E-state index contributed by atoms with van der Waals surface area (Å²) in [5.41, 5.74) is 1.16. The Bertz CT molecular complexity index is 452. The van der Waals surface area contributed by atoms with E-state index in [0.717, 1.165) is 23.9 Å². The molecule has 0 atom stereocenters. The lowest BCUT2D eigenvalue weighted by Crippen LogP contribution is -2.33. The van der Waals surface area contributed by atoms with E-state index in [-0.39, 0.29) is 10.6 Å². The number of hydrogen-bond donors (Lipinski definition) is 1. The Kier molecular flexibility index (Phi) is 5.12. The number of nitrogens with zero attached hydrogens (tertiary/aromatic N) is 1. The molecule has 0 spiro atoms. The van der Waals surface area contributed by atoms with E-state index in [0.29, 0.717) is 6.04 Å². The first-order chi connectivity index (χ1) is 9.56. The van der Waals surface area contributed by atoms with Gasteiger partial charge in [0.25, 0.3) is 5.69 Å². The molecule has 0 aromatic heterocycles. The highest BCUT2D eigenvalue weighted by Gasteiger charge is 2.22. The van der Waals surface area contributed by atoms with Crippen molar-refractivity contribution >= 4 is 5.69 Å². The molecule has 0 aliphatic heterocycles. The molecular weight excluding hydrogens is 252 g/mol. The van der Waals surface area contributed by atoms with Crippen molar-refractivity contribution < 1.29 is 4.92 Å². The van der Waals surface area contributed by atoms with Gasteiger partial charge in [-0.15, -0.1) is 0 Å². The van der Waals surface area contributed by atoms with Crippen LogP contribution in [0.1, 0.15) is 45.1 Å². The molecule has 1 aliphatic carbocycles. The Morgan fingerprint density at radius 3 is 2.60 bits per heavy atom. The van der Waals surface area contributed by atoms with E-state index in [4.69, 9.17) is 0 Å².